The van der Waals surface area contributed by atoms with E-state index in [1.54, 1.807) is 4.52 Å². The third-order valence-corrected chi connectivity index (χ3v) is 4.63. The summed E-state index contributed by atoms with van der Waals surface area (Å²) < 4.78 is 1.65. The fraction of sp³-hybridized carbons (Fsp3) is 0.350. The number of H-pyrrole nitrogens is 1. The molecule has 136 valence electrons. The molecule has 0 radical (unpaired) electrons. The first-order valence-electron chi connectivity index (χ1n) is 8.94. The Bertz CT molecular complexity index is 973. The lowest BCUT2D eigenvalue weighted by atomic mass is 10.1. The number of rotatable bonds is 6. The van der Waals surface area contributed by atoms with Gasteiger partial charge in [-0.25, -0.2) is 9.50 Å². The van der Waals surface area contributed by atoms with E-state index < -0.39 is 0 Å². The average molecular weight is 352 g/mol. The summed E-state index contributed by atoms with van der Waals surface area (Å²) >= 11 is 0. The topological polar surface area (TPSA) is 70.5 Å². The van der Waals surface area contributed by atoms with E-state index in [0.29, 0.717) is 12.2 Å². The number of carbonyl (C=O) groups excluding carboxylic acids is 1. The van der Waals surface area contributed by atoms with E-state index in [0.717, 1.165) is 35.5 Å². The van der Waals surface area contributed by atoms with Gasteiger partial charge in [-0.1, -0.05) is 31.5 Å². The maximum Gasteiger partial charge on any atom is 0.266 e. The number of carbonyl (C=O) groups is 1. The van der Waals surface area contributed by atoms with Gasteiger partial charge in [-0.3, -0.25) is 14.7 Å². The lowest BCUT2D eigenvalue weighted by Gasteiger charge is -2.23. The number of hydrogen-bond donors (Lipinski definition) is 1. The van der Waals surface area contributed by atoms with Crippen molar-refractivity contribution in [2.45, 2.75) is 40.0 Å². The van der Waals surface area contributed by atoms with Crippen LogP contribution in [0, 0.1) is 13.8 Å². The van der Waals surface area contributed by atoms with E-state index in [2.05, 4.69) is 17.0 Å². The number of nitrogens with zero attached hydrogens (tertiary/aromatic N) is 3. The van der Waals surface area contributed by atoms with Crippen LogP contribution in [0.2, 0.25) is 0 Å². The Balaban J connectivity index is 1.94. The van der Waals surface area contributed by atoms with Crippen LogP contribution in [0.1, 0.15) is 36.7 Å². The quantitative estimate of drug-likeness (QED) is 0.741. The number of amides is 1. The van der Waals surface area contributed by atoms with Crippen molar-refractivity contribution in [3.05, 3.63) is 63.7 Å². The number of hydrogen-bond acceptors (Lipinski definition) is 3. The molecule has 2 heterocycles. The minimum absolute atomic E-state index is 0.0338. The molecule has 1 amide bonds. The van der Waals surface area contributed by atoms with Crippen molar-refractivity contribution in [3.8, 4) is 0 Å². The minimum Gasteiger partial charge on any atom is -0.312 e. The molecule has 6 nitrogen and oxygen atoms in total. The lowest BCUT2D eigenvalue weighted by molar-refractivity contribution is -0.118. The van der Waals surface area contributed by atoms with Crippen molar-refractivity contribution < 1.29 is 4.79 Å². The van der Waals surface area contributed by atoms with Gasteiger partial charge in [-0.15, -0.1) is 0 Å². The highest BCUT2D eigenvalue weighted by Crippen LogP contribution is 2.19. The number of aromatic amines is 1. The molecule has 0 spiro atoms. The summed E-state index contributed by atoms with van der Waals surface area (Å²) in [5, 5.41) is 2.74. The second-order valence-corrected chi connectivity index (χ2v) is 6.49. The van der Waals surface area contributed by atoms with Gasteiger partial charge in [0.25, 0.3) is 5.56 Å². The molecule has 26 heavy (non-hydrogen) atoms. The van der Waals surface area contributed by atoms with Gasteiger partial charge in [0.05, 0.1) is 6.42 Å². The monoisotopic (exact) mass is 352 g/mol. The van der Waals surface area contributed by atoms with Gasteiger partial charge in [0.15, 0.2) is 5.65 Å². The van der Waals surface area contributed by atoms with Crippen LogP contribution in [-0.2, 0) is 11.2 Å². The second kappa shape index (κ2) is 7.56. The normalized spacial score (nSPS) is 11.0. The minimum atomic E-state index is -0.197. The number of nitrogens with one attached hydrogen (secondary N) is 1. The van der Waals surface area contributed by atoms with E-state index in [4.69, 9.17) is 0 Å². The number of aryl methyl sites for hydroxylation is 2. The number of anilines is 1. The summed E-state index contributed by atoms with van der Waals surface area (Å²) in [7, 11) is 0. The Morgan fingerprint density at radius 2 is 1.96 bits per heavy atom. The Kier molecular flexibility index (Phi) is 5.21. The molecule has 1 N–H and O–H groups in total. The fourth-order valence-electron chi connectivity index (χ4n) is 3.18. The predicted octanol–water partition coefficient (Wildman–Crippen LogP) is 3.02. The van der Waals surface area contributed by atoms with Gasteiger partial charge in [-0.05, 0) is 32.4 Å². The molecule has 1 aromatic carbocycles. The Labute approximate surface area is 152 Å². The number of aromatic nitrogens is 3. The van der Waals surface area contributed by atoms with E-state index in [1.165, 1.54) is 6.07 Å². The summed E-state index contributed by atoms with van der Waals surface area (Å²) in [6.45, 7) is 6.58. The third kappa shape index (κ3) is 3.54. The van der Waals surface area contributed by atoms with Crippen molar-refractivity contribution in [2.75, 3.05) is 11.4 Å². The van der Waals surface area contributed by atoms with Crippen LogP contribution >= 0.6 is 0 Å². The molecule has 0 unspecified atom stereocenters. The first-order chi connectivity index (χ1) is 12.5. The zero-order valence-corrected chi connectivity index (χ0v) is 15.5. The van der Waals surface area contributed by atoms with Gasteiger partial charge >= 0.3 is 0 Å². The molecule has 2 aromatic heterocycles. The third-order valence-electron chi connectivity index (χ3n) is 4.63. The van der Waals surface area contributed by atoms with Crippen molar-refractivity contribution >= 4 is 17.2 Å². The molecule has 0 aliphatic carbocycles. The predicted molar refractivity (Wildman–Crippen MR) is 103 cm³/mol. The van der Waals surface area contributed by atoms with Gasteiger partial charge in [-0.2, -0.15) is 0 Å². The summed E-state index contributed by atoms with van der Waals surface area (Å²) in [5.74, 6) is 0.0338. The molecule has 0 saturated carbocycles. The number of unbranched alkanes of at least 4 members (excludes halogenated alkanes) is 1. The van der Waals surface area contributed by atoms with Crippen LogP contribution in [0.25, 0.3) is 5.65 Å². The highest BCUT2D eigenvalue weighted by Gasteiger charge is 2.19. The van der Waals surface area contributed by atoms with Crippen LogP contribution in [0.4, 0.5) is 5.69 Å². The average Bonchev–Trinajstić information content (AvgIpc) is 3.00. The molecule has 0 aliphatic heterocycles. The molecule has 3 aromatic rings. The maximum absolute atomic E-state index is 13.1. The van der Waals surface area contributed by atoms with E-state index >= 15 is 0 Å². The van der Waals surface area contributed by atoms with Gasteiger partial charge in [0.2, 0.25) is 5.91 Å². The summed E-state index contributed by atoms with van der Waals surface area (Å²) in [6, 6.07) is 11.2. The first kappa shape index (κ1) is 17.9. The van der Waals surface area contributed by atoms with Crippen molar-refractivity contribution in [2.24, 2.45) is 0 Å². The molecule has 6 heteroatoms. The van der Waals surface area contributed by atoms with Gasteiger partial charge < -0.3 is 4.90 Å². The summed E-state index contributed by atoms with van der Waals surface area (Å²) in [5.41, 5.74) is 3.76. The standard InChI is InChI=1S/C20H24N4O2/c1-4-5-11-23(16-9-7-6-8-10-16)20(26)12-17-14(2)21-18-13-19(25)22-24(18)15(17)3/h6-10,13H,4-5,11-12H2,1-3H3,(H,22,25). The first-order valence-corrected chi connectivity index (χ1v) is 8.94. The molecular weight excluding hydrogens is 328 g/mol. The Morgan fingerprint density at radius 1 is 1.23 bits per heavy atom. The molecule has 0 bridgehead atoms. The smallest absolute Gasteiger partial charge is 0.266 e. The van der Waals surface area contributed by atoms with Crippen LogP contribution < -0.4 is 10.5 Å². The zero-order chi connectivity index (χ0) is 18.7. The Morgan fingerprint density at radius 3 is 2.65 bits per heavy atom. The van der Waals surface area contributed by atoms with E-state index in [9.17, 15) is 9.59 Å². The molecular formula is C20H24N4O2. The van der Waals surface area contributed by atoms with Crippen molar-refractivity contribution in [1.29, 1.82) is 0 Å². The largest absolute Gasteiger partial charge is 0.312 e. The SMILES string of the molecule is CCCCN(C(=O)Cc1c(C)nc2cc(=O)[nH]n2c1C)c1ccccc1. The van der Waals surface area contributed by atoms with E-state index in [1.807, 2.05) is 49.1 Å². The highest BCUT2D eigenvalue weighted by molar-refractivity contribution is 5.95. The van der Waals surface area contributed by atoms with Gasteiger partial charge in [0, 0.05) is 35.2 Å². The molecule has 0 saturated heterocycles. The summed E-state index contributed by atoms with van der Waals surface area (Å²) in [6.07, 6.45) is 2.22. The van der Waals surface area contributed by atoms with Gasteiger partial charge in [0.1, 0.15) is 0 Å². The second-order valence-electron chi connectivity index (χ2n) is 6.49. The highest BCUT2D eigenvalue weighted by atomic mass is 16.2. The van der Waals surface area contributed by atoms with Crippen LogP contribution in [0.15, 0.2) is 41.2 Å². The molecule has 0 aliphatic rings. The maximum atomic E-state index is 13.1. The van der Waals surface area contributed by atoms with Crippen LogP contribution in [0.5, 0.6) is 0 Å². The zero-order valence-electron chi connectivity index (χ0n) is 15.5. The van der Waals surface area contributed by atoms with Crippen molar-refractivity contribution in [3.63, 3.8) is 0 Å². The number of benzene rings is 1. The van der Waals surface area contributed by atoms with E-state index in [-0.39, 0.29) is 17.9 Å². The van der Waals surface area contributed by atoms with Crippen LogP contribution in [-0.4, -0.2) is 27.0 Å². The van der Waals surface area contributed by atoms with Crippen LogP contribution in [0.3, 0.4) is 0 Å². The van der Waals surface area contributed by atoms with Crippen molar-refractivity contribution in [1.82, 2.24) is 14.6 Å². The Hall–Kier alpha value is -2.89. The summed E-state index contributed by atoms with van der Waals surface area (Å²) in [4.78, 5) is 31.0. The lowest BCUT2D eigenvalue weighted by Crippen LogP contribution is -2.33. The number of fused-ring (bicyclic) bond motifs is 1. The molecule has 3 rings (SSSR count). The number of para-hydroxylation sites is 1. The molecule has 0 atom stereocenters. The molecule has 0 fully saturated rings. The fourth-order valence-corrected chi connectivity index (χ4v) is 3.18.